The van der Waals surface area contributed by atoms with Crippen LogP contribution in [0.15, 0.2) is 24.3 Å². The van der Waals surface area contributed by atoms with E-state index in [2.05, 4.69) is 50.1 Å². The Morgan fingerprint density at radius 1 is 1.37 bits per heavy atom. The summed E-state index contributed by atoms with van der Waals surface area (Å²) in [5.41, 5.74) is 2.74. The molecular weight excluding hydrogens is 234 g/mol. The molecule has 0 radical (unpaired) electrons. The summed E-state index contributed by atoms with van der Waals surface area (Å²) in [5, 5.41) is 9.58. The molecule has 0 aliphatic carbocycles. The Bertz CT molecular complexity index is 402. The van der Waals surface area contributed by atoms with Crippen LogP contribution in [0.5, 0.6) is 0 Å². The fraction of sp³-hybridized carbons (Fsp3) is 0.647. The van der Waals surface area contributed by atoms with E-state index < -0.39 is 0 Å². The number of likely N-dealkylation sites (N-methyl/N-ethyl adjacent to an activating group) is 1. The molecule has 2 rings (SSSR count). The third-order valence-corrected chi connectivity index (χ3v) is 4.44. The summed E-state index contributed by atoms with van der Waals surface area (Å²) in [5.74, 6) is 1.40. The second-order valence-electron chi connectivity index (χ2n) is 6.30. The van der Waals surface area contributed by atoms with Crippen molar-refractivity contribution >= 4 is 0 Å². The molecule has 1 saturated heterocycles. The predicted octanol–water partition coefficient (Wildman–Crippen LogP) is 3.23. The van der Waals surface area contributed by atoms with E-state index in [1.165, 1.54) is 30.5 Å². The van der Waals surface area contributed by atoms with Crippen molar-refractivity contribution in [2.45, 2.75) is 38.5 Å². The molecule has 1 aromatic rings. The zero-order valence-electron chi connectivity index (χ0n) is 12.5. The maximum atomic E-state index is 9.58. The van der Waals surface area contributed by atoms with Crippen molar-refractivity contribution in [1.29, 1.82) is 0 Å². The Kier molecular flexibility index (Phi) is 5.00. The van der Waals surface area contributed by atoms with E-state index in [0.717, 1.165) is 6.54 Å². The summed E-state index contributed by atoms with van der Waals surface area (Å²) in [6, 6.07) is 8.90. The molecule has 1 fully saturated rings. The minimum Gasteiger partial charge on any atom is -0.396 e. The number of hydrogen-bond acceptors (Lipinski definition) is 2. The molecule has 2 unspecified atom stereocenters. The van der Waals surface area contributed by atoms with Gasteiger partial charge in [0.15, 0.2) is 0 Å². The molecule has 2 atom stereocenters. The Labute approximate surface area is 117 Å². The van der Waals surface area contributed by atoms with E-state index in [1.54, 1.807) is 0 Å². The Morgan fingerprint density at radius 2 is 2.16 bits per heavy atom. The quantitative estimate of drug-likeness (QED) is 0.899. The summed E-state index contributed by atoms with van der Waals surface area (Å²) in [6.07, 6.45) is 2.58. The SMILES string of the molecule is CC(C)C(CO)c1cccc(C2CCCN(C)C2)c1. The fourth-order valence-electron chi connectivity index (χ4n) is 3.18. The average molecular weight is 261 g/mol. The van der Waals surface area contributed by atoms with Crippen molar-refractivity contribution in [1.82, 2.24) is 4.90 Å². The van der Waals surface area contributed by atoms with Gasteiger partial charge in [0.2, 0.25) is 0 Å². The molecule has 1 N–H and O–H groups in total. The zero-order chi connectivity index (χ0) is 13.8. The molecule has 0 spiro atoms. The lowest BCUT2D eigenvalue weighted by Crippen LogP contribution is -2.30. The predicted molar refractivity (Wildman–Crippen MR) is 80.6 cm³/mol. The van der Waals surface area contributed by atoms with Gasteiger partial charge >= 0.3 is 0 Å². The van der Waals surface area contributed by atoms with Gasteiger partial charge in [0.05, 0.1) is 6.61 Å². The van der Waals surface area contributed by atoms with Crippen LogP contribution in [0.1, 0.15) is 49.7 Å². The maximum absolute atomic E-state index is 9.58. The summed E-state index contributed by atoms with van der Waals surface area (Å²) in [4.78, 5) is 2.42. The van der Waals surface area contributed by atoms with Crippen LogP contribution < -0.4 is 0 Å². The average Bonchev–Trinajstić information content (AvgIpc) is 2.39. The maximum Gasteiger partial charge on any atom is 0.0502 e. The minimum atomic E-state index is 0.242. The van der Waals surface area contributed by atoms with Gasteiger partial charge in [-0.3, -0.25) is 0 Å². The second-order valence-corrected chi connectivity index (χ2v) is 6.30. The molecule has 106 valence electrons. The highest BCUT2D eigenvalue weighted by Crippen LogP contribution is 2.30. The highest BCUT2D eigenvalue weighted by molar-refractivity contribution is 5.30. The lowest BCUT2D eigenvalue weighted by atomic mass is 9.84. The highest BCUT2D eigenvalue weighted by atomic mass is 16.3. The molecule has 19 heavy (non-hydrogen) atoms. The van der Waals surface area contributed by atoms with Crippen LogP contribution in [0.25, 0.3) is 0 Å². The zero-order valence-corrected chi connectivity index (χ0v) is 12.5. The highest BCUT2D eigenvalue weighted by Gasteiger charge is 2.21. The first-order chi connectivity index (χ1) is 9.11. The molecule has 0 saturated carbocycles. The van der Waals surface area contributed by atoms with Gasteiger partial charge < -0.3 is 10.0 Å². The molecule has 2 heteroatoms. The summed E-state index contributed by atoms with van der Waals surface area (Å²) in [7, 11) is 2.21. The second kappa shape index (κ2) is 6.53. The van der Waals surface area contributed by atoms with Crippen LogP contribution in [-0.2, 0) is 0 Å². The number of hydrogen-bond donors (Lipinski definition) is 1. The van der Waals surface area contributed by atoms with E-state index in [0.29, 0.717) is 11.8 Å². The van der Waals surface area contributed by atoms with Gasteiger partial charge in [-0.25, -0.2) is 0 Å². The molecule has 0 bridgehead atoms. The Balaban J connectivity index is 2.18. The topological polar surface area (TPSA) is 23.5 Å². The first-order valence-corrected chi connectivity index (χ1v) is 7.51. The van der Waals surface area contributed by atoms with Crippen molar-refractivity contribution in [2.24, 2.45) is 5.92 Å². The van der Waals surface area contributed by atoms with Crippen LogP contribution in [0.4, 0.5) is 0 Å². The molecule has 2 nitrogen and oxygen atoms in total. The first-order valence-electron chi connectivity index (χ1n) is 7.51. The van der Waals surface area contributed by atoms with E-state index in [1.807, 2.05) is 0 Å². The number of rotatable bonds is 4. The molecule has 1 aliphatic heterocycles. The Morgan fingerprint density at radius 3 is 2.79 bits per heavy atom. The lowest BCUT2D eigenvalue weighted by Gasteiger charge is -2.30. The van der Waals surface area contributed by atoms with Crippen LogP contribution in [0.2, 0.25) is 0 Å². The van der Waals surface area contributed by atoms with Gasteiger partial charge in [-0.1, -0.05) is 38.1 Å². The fourth-order valence-corrected chi connectivity index (χ4v) is 3.18. The molecule has 0 aromatic heterocycles. The van der Waals surface area contributed by atoms with Crippen LogP contribution in [0, 0.1) is 5.92 Å². The standard InChI is InChI=1S/C17H27NO/c1-13(2)17(12-19)15-7-4-6-14(10-15)16-8-5-9-18(3)11-16/h4,6-7,10,13,16-17,19H,5,8-9,11-12H2,1-3H3. The smallest absolute Gasteiger partial charge is 0.0502 e. The van der Waals surface area contributed by atoms with E-state index in [9.17, 15) is 5.11 Å². The number of aliphatic hydroxyl groups excluding tert-OH is 1. The van der Waals surface area contributed by atoms with Gasteiger partial charge in [-0.05, 0) is 49.4 Å². The molecule has 0 amide bonds. The number of aliphatic hydroxyl groups is 1. The van der Waals surface area contributed by atoms with Gasteiger partial charge in [0.25, 0.3) is 0 Å². The van der Waals surface area contributed by atoms with E-state index in [-0.39, 0.29) is 12.5 Å². The first kappa shape index (κ1) is 14.5. The summed E-state index contributed by atoms with van der Waals surface area (Å²) < 4.78 is 0. The van der Waals surface area contributed by atoms with Gasteiger partial charge in [0, 0.05) is 12.5 Å². The Hall–Kier alpha value is -0.860. The minimum absolute atomic E-state index is 0.242. The van der Waals surface area contributed by atoms with Crippen LogP contribution in [-0.4, -0.2) is 36.8 Å². The van der Waals surface area contributed by atoms with E-state index in [4.69, 9.17) is 0 Å². The monoisotopic (exact) mass is 261 g/mol. The van der Waals surface area contributed by atoms with Crippen molar-refractivity contribution < 1.29 is 5.11 Å². The number of nitrogens with zero attached hydrogens (tertiary/aromatic N) is 1. The summed E-state index contributed by atoms with van der Waals surface area (Å²) >= 11 is 0. The lowest BCUT2D eigenvalue weighted by molar-refractivity contribution is 0.236. The number of benzene rings is 1. The third kappa shape index (κ3) is 3.58. The van der Waals surface area contributed by atoms with Crippen molar-refractivity contribution in [2.75, 3.05) is 26.7 Å². The van der Waals surface area contributed by atoms with Gasteiger partial charge in [-0.15, -0.1) is 0 Å². The largest absolute Gasteiger partial charge is 0.396 e. The number of piperidine rings is 1. The van der Waals surface area contributed by atoms with Crippen molar-refractivity contribution in [3.05, 3.63) is 35.4 Å². The van der Waals surface area contributed by atoms with Crippen LogP contribution in [0.3, 0.4) is 0 Å². The van der Waals surface area contributed by atoms with Crippen molar-refractivity contribution in [3.8, 4) is 0 Å². The third-order valence-electron chi connectivity index (χ3n) is 4.44. The normalized spacial score (nSPS) is 22.7. The molecule has 1 aromatic carbocycles. The van der Waals surface area contributed by atoms with Crippen LogP contribution >= 0.6 is 0 Å². The summed E-state index contributed by atoms with van der Waals surface area (Å²) in [6.45, 7) is 6.99. The molecular formula is C17H27NO. The molecule has 1 aliphatic rings. The van der Waals surface area contributed by atoms with Gasteiger partial charge in [-0.2, -0.15) is 0 Å². The van der Waals surface area contributed by atoms with Gasteiger partial charge in [0.1, 0.15) is 0 Å². The molecule has 1 heterocycles. The van der Waals surface area contributed by atoms with E-state index >= 15 is 0 Å². The number of likely N-dealkylation sites (tertiary alicyclic amines) is 1. The van der Waals surface area contributed by atoms with Crippen molar-refractivity contribution in [3.63, 3.8) is 0 Å².